The maximum atomic E-state index is 11.1. The van der Waals surface area contributed by atoms with Gasteiger partial charge < -0.3 is 44.5 Å². The molecule has 0 saturated carbocycles. The van der Waals surface area contributed by atoms with Crippen molar-refractivity contribution in [1.29, 1.82) is 0 Å². The molecular weight excluding hydrogens is 419 g/mol. The predicted molar refractivity (Wildman–Crippen MR) is 98.8 cm³/mol. The molecule has 0 unspecified atom stereocenters. The van der Waals surface area contributed by atoms with Gasteiger partial charge in [-0.05, 0) is 35.7 Å². The number of carboxylic acids is 1. The van der Waals surface area contributed by atoms with E-state index in [1.165, 1.54) is 0 Å². The van der Waals surface area contributed by atoms with E-state index in [2.05, 4.69) is 0 Å². The average Bonchev–Trinajstić information content (AvgIpc) is 2.74. The van der Waals surface area contributed by atoms with Gasteiger partial charge in [0.1, 0.15) is 41.7 Å². The van der Waals surface area contributed by atoms with E-state index in [1.807, 2.05) is 12.1 Å². The Morgan fingerprint density at radius 3 is 2.42 bits per heavy atom. The van der Waals surface area contributed by atoms with E-state index in [-0.39, 0.29) is 47.0 Å². The molecule has 4 N–H and O–H groups in total. The molecule has 10 heteroatoms. The van der Waals surface area contributed by atoms with Crippen molar-refractivity contribution in [3.8, 4) is 17.2 Å². The van der Waals surface area contributed by atoms with Gasteiger partial charge in [-0.2, -0.15) is 0 Å². The third kappa shape index (κ3) is 4.98. The number of ether oxygens (including phenoxy) is 3. The van der Waals surface area contributed by atoms with Crippen LogP contribution in [0.1, 0.15) is 17.0 Å². The van der Waals surface area contributed by atoms with Gasteiger partial charge in [0, 0.05) is 12.0 Å². The number of carbonyl (C=O) groups is 1. The molecule has 160 valence electrons. The van der Waals surface area contributed by atoms with Crippen molar-refractivity contribution in [3.63, 3.8) is 0 Å². The van der Waals surface area contributed by atoms with Crippen LogP contribution in [0.4, 0.5) is 0 Å². The number of aliphatic carboxylic acids is 1. The molecule has 2 heterocycles. The topological polar surface area (TPSA) is 149 Å². The first-order valence-electron chi connectivity index (χ1n) is 9.45. The summed E-state index contributed by atoms with van der Waals surface area (Å²) in [6.07, 6.45) is -7.92. The minimum Gasteiger partial charge on any atom is -0.547 e. The molecule has 0 bridgehead atoms. The summed E-state index contributed by atoms with van der Waals surface area (Å²) in [6, 6.07) is 11.9. The molecule has 0 aliphatic carbocycles. The smallest absolute Gasteiger partial charge is 0.547 e. The van der Waals surface area contributed by atoms with Crippen LogP contribution in [-0.2, 0) is 16.0 Å². The summed E-state index contributed by atoms with van der Waals surface area (Å²) in [7, 11) is 0. The first-order chi connectivity index (χ1) is 14.3. The number of hydrogen-bond acceptors (Lipinski definition) is 9. The second-order valence-corrected chi connectivity index (χ2v) is 7.41. The quantitative estimate of drug-likeness (QED) is 0.350. The molecule has 0 aromatic heterocycles. The van der Waals surface area contributed by atoms with Crippen LogP contribution in [0.15, 0.2) is 42.5 Å². The van der Waals surface area contributed by atoms with E-state index in [0.29, 0.717) is 18.8 Å². The number of fused-ring (bicyclic) bond motifs is 1. The molecule has 0 radical (unpaired) electrons. The molecule has 9 nitrogen and oxygen atoms in total. The Morgan fingerprint density at radius 1 is 1.03 bits per heavy atom. The molecular formula is C21H21NaO9. The largest absolute Gasteiger partial charge is 1.00 e. The number of aliphatic hydroxyl groups is 3. The molecule has 2 aromatic carbocycles. The summed E-state index contributed by atoms with van der Waals surface area (Å²) in [5.41, 5.74) is 1.97. The number of benzene rings is 2. The maximum Gasteiger partial charge on any atom is 1.00 e. The molecule has 2 aromatic rings. The number of rotatable bonds is 4. The first kappa shape index (κ1) is 23.8. The van der Waals surface area contributed by atoms with Crippen LogP contribution in [0.5, 0.6) is 17.2 Å². The van der Waals surface area contributed by atoms with Crippen LogP contribution in [0.2, 0.25) is 0 Å². The Kier molecular flexibility index (Phi) is 7.48. The summed E-state index contributed by atoms with van der Waals surface area (Å²) in [4.78, 5) is 11.1. The average molecular weight is 440 g/mol. The monoisotopic (exact) mass is 440 g/mol. The van der Waals surface area contributed by atoms with Gasteiger partial charge in [0.15, 0.2) is 0 Å². The first-order valence-corrected chi connectivity index (χ1v) is 9.45. The Hall–Kier alpha value is -1.85. The van der Waals surface area contributed by atoms with Gasteiger partial charge in [-0.1, -0.05) is 18.2 Å². The fourth-order valence-corrected chi connectivity index (χ4v) is 3.66. The third-order valence-electron chi connectivity index (χ3n) is 5.36. The summed E-state index contributed by atoms with van der Waals surface area (Å²) in [5.74, 6) is -0.597. The van der Waals surface area contributed by atoms with Crippen LogP contribution in [0.3, 0.4) is 0 Å². The SMILES string of the molecule is O=C([O-])[C@H]1O[C@@H](Oc2ccc3c(c2)OC[C@H](c2ccc(O)cc2)C3)[C@H](O)[C@@H](O)[C@@H]1O.[Na+]. The molecule has 6 atom stereocenters. The normalized spacial score (nSPS) is 29.8. The second kappa shape index (κ2) is 9.74. The third-order valence-corrected chi connectivity index (χ3v) is 5.36. The molecule has 2 aliphatic rings. The number of hydrogen-bond donors (Lipinski definition) is 4. The van der Waals surface area contributed by atoms with Gasteiger partial charge in [0.2, 0.25) is 6.29 Å². The Balaban J connectivity index is 0.00000272. The molecule has 4 rings (SSSR count). The van der Waals surface area contributed by atoms with Crippen molar-refractivity contribution in [3.05, 3.63) is 53.6 Å². The van der Waals surface area contributed by atoms with Crippen molar-refractivity contribution >= 4 is 5.97 Å². The van der Waals surface area contributed by atoms with Gasteiger partial charge in [-0.25, -0.2) is 0 Å². The van der Waals surface area contributed by atoms with Crippen LogP contribution < -0.4 is 44.1 Å². The summed E-state index contributed by atoms with van der Waals surface area (Å²) in [6.45, 7) is 0.418. The van der Waals surface area contributed by atoms with Crippen LogP contribution in [-0.4, -0.2) is 63.7 Å². The minimum absolute atomic E-state index is 0. The van der Waals surface area contributed by atoms with Crippen molar-refractivity contribution in [2.45, 2.75) is 43.0 Å². The molecule has 0 spiro atoms. The predicted octanol–water partition coefficient (Wildman–Crippen LogP) is -3.95. The number of aliphatic hydroxyl groups excluding tert-OH is 3. The Labute approximate surface area is 200 Å². The molecule has 0 amide bonds. The standard InChI is InChI=1S/C21H22O9.Na/c22-13-4-1-10(2-5-13)12-7-11-3-6-14(8-15(11)28-9-12)29-21-18(25)16(23)17(24)19(30-21)20(26)27;/h1-6,8,12,16-19,21-25H,7,9H2,(H,26,27);/q;+1/p-1/t12-,16+,17+,18-,19+,21-;/m1./s1. The van der Waals surface area contributed by atoms with Crippen LogP contribution in [0.25, 0.3) is 0 Å². The van der Waals surface area contributed by atoms with E-state index in [9.17, 15) is 30.3 Å². The zero-order valence-corrected chi connectivity index (χ0v) is 18.7. The van der Waals surface area contributed by atoms with Crippen molar-refractivity contribution in [1.82, 2.24) is 0 Å². The summed E-state index contributed by atoms with van der Waals surface area (Å²) >= 11 is 0. The van der Waals surface area contributed by atoms with E-state index in [1.54, 1.807) is 30.3 Å². The molecule has 1 saturated heterocycles. The van der Waals surface area contributed by atoms with Gasteiger partial charge >= 0.3 is 29.6 Å². The van der Waals surface area contributed by atoms with E-state index in [0.717, 1.165) is 11.1 Å². The molecule has 1 fully saturated rings. The van der Waals surface area contributed by atoms with Gasteiger partial charge in [-0.3, -0.25) is 0 Å². The number of phenols is 1. The number of aromatic hydroxyl groups is 1. The van der Waals surface area contributed by atoms with Crippen molar-refractivity contribution in [2.24, 2.45) is 0 Å². The van der Waals surface area contributed by atoms with E-state index < -0.39 is 36.7 Å². The summed E-state index contributed by atoms with van der Waals surface area (Å²) < 4.78 is 16.4. The van der Waals surface area contributed by atoms with Gasteiger partial charge in [-0.15, -0.1) is 0 Å². The molecule has 2 aliphatic heterocycles. The zero-order chi connectivity index (χ0) is 21.4. The van der Waals surface area contributed by atoms with Gasteiger partial charge in [0.25, 0.3) is 0 Å². The number of phenolic OH excluding ortho intramolecular Hbond substituents is 1. The Morgan fingerprint density at radius 2 is 1.74 bits per heavy atom. The Bertz CT molecular complexity index is 920. The fraction of sp³-hybridized carbons (Fsp3) is 0.381. The zero-order valence-electron chi connectivity index (χ0n) is 16.7. The van der Waals surface area contributed by atoms with Gasteiger partial charge in [0.05, 0.1) is 12.6 Å². The van der Waals surface area contributed by atoms with Crippen LogP contribution >= 0.6 is 0 Å². The maximum absolute atomic E-state index is 11.1. The van der Waals surface area contributed by atoms with E-state index in [4.69, 9.17) is 14.2 Å². The number of carboxylic acid groups (broad SMARTS) is 1. The van der Waals surface area contributed by atoms with Crippen LogP contribution in [0, 0.1) is 0 Å². The molecule has 31 heavy (non-hydrogen) atoms. The van der Waals surface area contributed by atoms with Crippen molar-refractivity contribution < 1.29 is 74.1 Å². The minimum atomic E-state index is -1.84. The fourth-order valence-electron chi connectivity index (χ4n) is 3.66. The number of carbonyl (C=O) groups excluding carboxylic acids is 1. The van der Waals surface area contributed by atoms with Crippen molar-refractivity contribution in [2.75, 3.05) is 6.61 Å². The van der Waals surface area contributed by atoms with E-state index >= 15 is 0 Å². The second-order valence-electron chi connectivity index (χ2n) is 7.41. The summed E-state index contributed by atoms with van der Waals surface area (Å²) in [5, 5.41) is 50.2.